The zero-order valence-corrected chi connectivity index (χ0v) is 12.3. The zero-order chi connectivity index (χ0) is 12.4. The van der Waals surface area contributed by atoms with E-state index in [1.807, 2.05) is 12.1 Å². The van der Waals surface area contributed by atoms with Crippen molar-refractivity contribution < 1.29 is 0 Å². The predicted octanol–water partition coefficient (Wildman–Crippen LogP) is 3.98. The van der Waals surface area contributed by atoms with Crippen molar-refractivity contribution in [3.8, 4) is 0 Å². The highest BCUT2D eigenvalue weighted by atomic mass is 79.9. The van der Waals surface area contributed by atoms with Crippen molar-refractivity contribution in [2.24, 2.45) is 0 Å². The van der Waals surface area contributed by atoms with E-state index in [9.17, 15) is 0 Å². The van der Waals surface area contributed by atoms with Gasteiger partial charge < -0.3 is 11.1 Å². The molecule has 0 spiro atoms. The molecule has 2 aromatic rings. The second-order valence-corrected chi connectivity index (χ2v) is 5.21. The largest absolute Gasteiger partial charge is 0.368 e. The van der Waals surface area contributed by atoms with E-state index in [-0.39, 0.29) is 5.95 Å². The molecule has 7 heteroatoms. The van der Waals surface area contributed by atoms with Crippen LogP contribution in [0.15, 0.2) is 33.3 Å². The van der Waals surface area contributed by atoms with E-state index in [1.165, 1.54) is 0 Å². The molecule has 0 atom stereocenters. The van der Waals surface area contributed by atoms with Crippen LogP contribution in [0.2, 0.25) is 5.02 Å². The van der Waals surface area contributed by atoms with Crippen molar-refractivity contribution in [3.63, 3.8) is 0 Å². The van der Waals surface area contributed by atoms with Crippen LogP contribution in [0.1, 0.15) is 0 Å². The van der Waals surface area contributed by atoms with E-state index < -0.39 is 0 Å². The predicted molar refractivity (Wildman–Crippen MR) is 76.6 cm³/mol. The summed E-state index contributed by atoms with van der Waals surface area (Å²) < 4.78 is 1.49. The molecule has 0 saturated carbocycles. The first-order valence-electron chi connectivity index (χ1n) is 4.57. The maximum absolute atomic E-state index is 6.00. The zero-order valence-electron chi connectivity index (χ0n) is 8.42. The smallest absolute Gasteiger partial charge is 0.222 e. The van der Waals surface area contributed by atoms with E-state index in [2.05, 4.69) is 47.1 Å². The van der Waals surface area contributed by atoms with E-state index in [0.717, 1.165) is 14.6 Å². The van der Waals surface area contributed by atoms with Crippen molar-refractivity contribution >= 4 is 60.9 Å². The van der Waals surface area contributed by atoms with Gasteiger partial charge in [0.2, 0.25) is 5.95 Å². The summed E-state index contributed by atoms with van der Waals surface area (Å²) in [5, 5.41) is 3.73. The highest BCUT2D eigenvalue weighted by Crippen LogP contribution is 2.33. The number of anilines is 3. The molecule has 1 aromatic heterocycles. The highest BCUT2D eigenvalue weighted by molar-refractivity contribution is 9.11. The Bertz CT molecular complexity index is 562. The molecule has 0 aliphatic rings. The van der Waals surface area contributed by atoms with Gasteiger partial charge in [0, 0.05) is 6.20 Å². The fourth-order valence-corrected chi connectivity index (χ4v) is 2.02. The number of hydrogen-bond acceptors (Lipinski definition) is 4. The van der Waals surface area contributed by atoms with Crippen molar-refractivity contribution in [2.45, 2.75) is 0 Å². The molecule has 0 saturated heterocycles. The highest BCUT2D eigenvalue weighted by Gasteiger charge is 2.08. The number of aromatic nitrogens is 2. The normalized spacial score (nSPS) is 10.3. The number of halogens is 3. The Hall–Kier alpha value is -0.850. The molecular formula is C10H7Br2ClN4. The van der Waals surface area contributed by atoms with E-state index >= 15 is 0 Å². The van der Waals surface area contributed by atoms with Gasteiger partial charge in [0.1, 0.15) is 5.82 Å². The Morgan fingerprint density at radius 2 is 2.06 bits per heavy atom. The molecule has 0 aliphatic heterocycles. The SMILES string of the molecule is Nc1ncc(Br)c(Nc2cccc(Cl)c2Br)n1. The Labute approximate surface area is 120 Å². The molecule has 0 aliphatic carbocycles. The van der Waals surface area contributed by atoms with Crippen LogP contribution < -0.4 is 11.1 Å². The minimum atomic E-state index is 0.203. The second kappa shape index (κ2) is 5.20. The number of nitrogens with one attached hydrogen (secondary N) is 1. The quantitative estimate of drug-likeness (QED) is 0.830. The molecule has 2 rings (SSSR count). The summed E-state index contributed by atoms with van der Waals surface area (Å²) in [6.07, 6.45) is 1.59. The Balaban J connectivity index is 2.38. The van der Waals surface area contributed by atoms with Gasteiger partial charge in [0.15, 0.2) is 0 Å². The lowest BCUT2D eigenvalue weighted by atomic mass is 10.3. The van der Waals surface area contributed by atoms with Crippen LogP contribution in [-0.4, -0.2) is 9.97 Å². The molecule has 0 unspecified atom stereocenters. The minimum Gasteiger partial charge on any atom is -0.368 e. The Morgan fingerprint density at radius 1 is 1.29 bits per heavy atom. The maximum atomic E-state index is 6.00. The first-order valence-corrected chi connectivity index (χ1v) is 6.53. The molecule has 0 bridgehead atoms. The lowest BCUT2D eigenvalue weighted by molar-refractivity contribution is 1.17. The summed E-state index contributed by atoms with van der Waals surface area (Å²) in [6.45, 7) is 0. The summed E-state index contributed by atoms with van der Waals surface area (Å²) in [5.41, 5.74) is 6.33. The van der Waals surface area contributed by atoms with Gasteiger partial charge in [0.25, 0.3) is 0 Å². The maximum Gasteiger partial charge on any atom is 0.222 e. The summed E-state index contributed by atoms with van der Waals surface area (Å²) in [5.74, 6) is 0.786. The van der Waals surface area contributed by atoms with Crippen molar-refractivity contribution in [1.82, 2.24) is 9.97 Å². The minimum absolute atomic E-state index is 0.203. The van der Waals surface area contributed by atoms with Crippen LogP contribution in [0.25, 0.3) is 0 Å². The summed E-state index contributed by atoms with van der Waals surface area (Å²) in [4.78, 5) is 7.95. The van der Waals surface area contributed by atoms with Crippen LogP contribution in [0.3, 0.4) is 0 Å². The third kappa shape index (κ3) is 2.88. The number of nitrogens with two attached hydrogens (primary N) is 1. The number of benzene rings is 1. The molecule has 1 heterocycles. The lowest BCUT2D eigenvalue weighted by Crippen LogP contribution is -2.01. The first kappa shape index (κ1) is 12.6. The van der Waals surface area contributed by atoms with Gasteiger partial charge in [-0.05, 0) is 44.0 Å². The fraction of sp³-hybridized carbons (Fsp3) is 0. The van der Waals surface area contributed by atoms with E-state index in [1.54, 1.807) is 12.3 Å². The Morgan fingerprint density at radius 3 is 2.82 bits per heavy atom. The monoisotopic (exact) mass is 376 g/mol. The van der Waals surface area contributed by atoms with Crippen molar-refractivity contribution in [2.75, 3.05) is 11.1 Å². The van der Waals surface area contributed by atoms with Crippen molar-refractivity contribution in [1.29, 1.82) is 0 Å². The summed E-state index contributed by atoms with van der Waals surface area (Å²) in [7, 11) is 0. The third-order valence-electron chi connectivity index (χ3n) is 1.97. The summed E-state index contributed by atoms with van der Waals surface area (Å²) >= 11 is 12.7. The van der Waals surface area contributed by atoms with Crippen LogP contribution in [-0.2, 0) is 0 Å². The second-order valence-electron chi connectivity index (χ2n) is 3.15. The molecule has 0 fully saturated rings. The average molecular weight is 378 g/mol. The molecule has 1 aromatic carbocycles. The van der Waals surface area contributed by atoms with Gasteiger partial charge in [-0.25, -0.2) is 4.98 Å². The van der Waals surface area contributed by atoms with Crippen LogP contribution >= 0.6 is 43.5 Å². The van der Waals surface area contributed by atoms with Gasteiger partial charge >= 0.3 is 0 Å². The molecule has 3 N–H and O–H groups in total. The molecule has 17 heavy (non-hydrogen) atoms. The van der Waals surface area contributed by atoms with Gasteiger partial charge in [-0.2, -0.15) is 4.98 Å². The summed E-state index contributed by atoms with van der Waals surface area (Å²) in [6, 6.07) is 5.51. The Kier molecular flexibility index (Phi) is 3.86. The molecule has 88 valence electrons. The van der Waals surface area contributed by atoms with Gasteiger partial charge in [-0.15, -0.1) is 0 Å². The van der Waals surface area contributed by atoms with E-state index in [4.69, 9.17) is 17.3 Å². The van der Waals surface area contributed by atoms with Crippen LogP contribution in [0.4, 0.5) is 17.5 Å². The van der Waals surface area contributed by atoms with Gasteiger partial charge in [0.05, 0.1) is 19.7 Å². The average Bonchev–Trinajstić information content (AvgIpc) is 2.30. The van der Waals surface area contributed by atoms with Crippen LogP contribution in [0.5, 0.6) is 0 Å². The third-order valence-corrected chi connectivity index (χ3v) is 3.95. The molecular weight excluding hydrogens is 371 g/mol. The molecule has 0 amide bonds. The fourth-order valence-electron chi connectivity index (χ4n) is 1.20. The molecule has 4 nitrogen and oxygen atoms in total. The van der Waals surface area contributed by atoms with Crippen LogP contribution in [0, 0.1) is 0 Å². The number of hydrogen-bond donors (Lipinski definition) is 2. The standard InChI is InChI=1S/C10H7Br2ClN4/c11-5-4-15-10(14)17-9(5)16-7-3-1-2-6(13)8(7)12/h1-4H,(H3,14,15,16,17). The lowest BCUT2D eigenvalue weighted by Gasteiger charge is -2.10. The number of nitrogen functional groups attached to an aromatic ring is 1. The van der Waals surface area contributed by atoms with Gasteiger partial charge in [-0.3, -0.25) is 0 Å². The first-order chi connectivity index (χ1) is 8.08. The number of nitrogens with zero attached hydrogens (tertiary/aromatic N) is 2. The van der Waals surface area contributed by atoms with Crippen molar-refractivity contribution in [3.05, 3.63) is 38.4 Å². The topological polar surface area (TPSA) is 63.8 Å². The molecule has 0 radical (unpaired) electrons. The van der Waals surface area contributed by atoms with E-state index in [0.29, 0.717) is 10.8 Å². The number of rotatable bonds is 2. The van der Waals surface area contributed by atoms with Gasteiger partial charge in [-0.1, -0.05) is 17.7 Å².